The van der Waals surface area contributed by atoms with E-state index in [9.17, 15) is 17.2 Å². The van der Waals surface area contributed by atoms with Crippen molar-refractivity contribution in [3.8, 4) is 17.4 Å². The third kappa shape index (κ3) is 4.41. The predicted octanol–water partition coefficient (Wildman–Crippen LogP) is 3.53. The number of sulfonamides is 1. The largest absolute Gasteiger partial charge is 0.439 e. The van der Waals surface area contributed by atoms with Crippen molar-refractivity contribution < 1.29 is 21.9 Å². The van der Waals surface area contributed by atoms with Crippen molar-refractivity contribution in [1.82, 2.24) is 19.7 Å². The number of nitrogens with one attached hydrogen (secondary N) is 1. The zero-order valence-electron chi connectivity index (χ0n) is 15.1. The predicted molar refractivity (Wildman–Crippen MR) is 103 cm³/mol. The zero-order valence-corrected chi connectivity index (χ0v) is 15.9. The summed E-state index contributed by atoms with van der Waals surface area (Å²) in [6.07, 6.45) is 4.66. The Bertz CT molecular complexity index is 1260. The van der Waals surface area contributed by atoms with E-state index < -0.39 is 26.6 Å². The normalized spacial score (nSPS) is 11.3. The maximum Gasteiger partial charge on any atom is 0.262 e. The van der Waals surface area contributed by atoms with Crippen LogP contribution in [-0.2, 0) is 10.0 Å². The number of halogens is 2. The summed E-state index contributed by atoms with van der Waals surface area (Å²) in [5.41, 5.74) is 0.187. The molecule has 2 aromatic heterocycles. The van der Waals surface area contributed by atoms with E-state index in [1.807, 2.05) is 0 Å². The van der Waals surface area contributed by atoms with Gasteiger partial charge in [-0.15, -0.1) is 0 Å². The third-order valence-electron chi connectivity index (χ3n) is 3.84. The molecule has 0 radical (unpaired) electrons. The van der Waals surface area contributed by atoms with E-state index in [0.717, 1.165) is 12.1 Å². The van der Waals surface area contributed by atoms with Crippen LogP contribution in [0.25, 0.3) is 5.82 Å². The first-order valence-corrected chi connectivity index (χ1v) is 9.96. The maximum absolute atomic E-state index is 13.3. The molecule has 0 spiro atoms. The SMILES string of the molecule is O=S(=O)(Nc1ccc(Oc2cc(-n3cccn3)ncn2)cc1)c1cc(F)cc(F)c1. The molecule has 4 aromatic rings. The minimum absolute atomic E-state index is 0.187. The number of anilines is 1. The maximum atomic E-state index is 13.3. The molecule has 0 amide bonds. The second kappa shape index (κ2) is 7.87. The fourth-order valence-electron chi connectivity index (χ4n) is 2.52. The molecule has 1 N–H and O–H groups in total. The summed E-state index contributed by atoms with van der Waals surface area (Å²) in [5, 5.41) is 4.07. The summed E-state index contributed by atoms with van der Waals surface area (Å²) in [4.78, 5) is 7.60. The summed E-state index contributed by atoms with van der Waals surface area (Å²) >= 11 is 0. The number of nitrogens with zero attached hydrogens (tertiary/aromatic N) is 4. The van der Waals surface area contributed by atoms with Crippen molar-refractivity contribution in [3.05, 3.63) is 85.0 Å². The number of ether oxygens (including phenoxy) is 1. The molecule has 30 heavy (non-hydrogen) atoms. The smallest absolute Gasteiger partial charge is 0.262 e. The first kappa shape index (κ1) is 19.5. The average Bonchev–Trinajstić information content (AvgIpc) is 3.24. The van der Waals surface area contributed by atoms with Gasteiger partial charge in [-0.2, -0.15) is 5.10 Å². The van der Waals surface area contributed by atoms with Crippen molar-refractivity contribution >= 4 is 15.7 Å². The van der Waals surface area contributed by atoms with E-state index in [4.69, 9.17) is 4.74 Å². The van der Waals surface area contributed by atoms with E-state index in [1.165, 1.54) is 30.6 Å². The number of hydrogen-bond donors (Lipinski definition) is 1. The summed E-state index contributed by atoms with van der Waals surface area (Å²) in [6.45, 7) is 0. The minimum Gasteiger partial charge on any atom is -0.439 e. The highest BCUT2D eigenvalue weighted by molar-refractivity contribution is 7.92. The van der Waals surface area contributed by atoms with Gasteiger partial charge in [-0.05, 0) is 42.5 Å². The van der Waals surface area contributed by atoms with Crippen LogP contribution < -0.4 is 9.46 Å². The Morgan fingerprint density at radius 3 is 2.37 bits per heavy atom. The molecule has 4 rings (SSSR count). The fourth-order valence-corrected chi connectivity index (χ4v) is 3.62. The topological polar surface area (TPSA) is 99.0 Å². The van der Waals surface area contributed by atoms with E-state index in [2.05, 4.69) is 19.8 Å². The number of hydrogen-bond acceptors (Lipinski definition) is 6. The van der Waals surface area contributed by atoms with Crippen LogP contribution in [0.5, 0.6) is 11.6 Å². The fraction of sp³-hybridized carbons (Fsp3) is 0. The molecule has 2 heterocycles. The highest BCUT2D eigenvalue weighted by Gasteiger charge is 2.17. The molecule has 0 bridgehead atoms. The van der Waals surface area contributed by atoms with Gasteiger partial charge in [-0.25, -0.2) is 31.8 Å². The first-order chi connectivity index (χ1) is 14.4. The lowest BCUT2D eigenvalue weighted by Gasteiger charge is -2.10. The minimum atomic E-state index is -4.16. The van der Waals surface area contributed by atoms with Gasteiger partial charge in [0.1, 0.15) is 23.7 Å². The quantitative estimate of drug-likeness (QED) is 0.503. The molecule has 0 unspecified atom stereocenters. The third-order valence-corrected chi connectivity index (χ3v) is 5.20. The Hall–Kier alpha value is -3.86. The van der Waals surface area contributed by atoms with Crippen LogP contribution in [0.1, 0.15) is 0 Å². The number of rotatable bonds is 6. The lowest BCUT2D eigenvalue weighted by Crippen LogP contribution is -2.13. The molecule has 0 aliphatic rings. The Morgan fingerprint density at radius 1 is 0.967 bits per heavy atom. The monoisotopic (exact) mass is 429 g/mol. The summed E-state index contributed by atoms with van der Waals surface area (Å²) in [6, 6.07) is 11.3. The second-order valence-corrected chi connectivity index (χ2v) is 7.68. The molecular weight excluding hydrogens is 416 g/mol. The van der Waals surface area contributed by atoms with Gasteiger partial charge in [0.2, 0.25) is 5.88 Å². The van der Waals surface area contributed by atoms with Gasteiger partial charge in [-0.1, -0.05) is 0 Å². The highest BCUT2D eigenvalue weighted by Crippen LogP contribution is 2.24. The Kier molecular flexibility index (Phi) is 5.11. The lowest BCUT2D eigenvalue weighted by molar-refractivity contribution is 0.460. The van der Waals surface area contributed by atoms with Crippen molar-refractivity contribution in [2.75, 3.05) is 4.72 Å². The Labute approximate surface area is 169 Å². The van der Waals surface area contributed by atoms with E-state index >= 15 is 0 Å². The highest BCUT2D eigenvalue weighted by atomic mass is 32.2. The molecule has 152 valence electrons. The van der Waals surface area contributed by atoms with Gasteiger partial charge >= 0.3 is 0 Å². The Morgan fingerprint density at radius 2 is 1.70 bits per heavy atom. The standard InChI is InChI=1S/C19H13F2N5O3S/c20-13-8-14(21)10-17(9-13)30(27,28)25-15-2-4-16(5-3-15)29-19-11-18(22-12-23-19)26-7-1-6-24-26/h1-12,25H. The van der Waals surface area contributed by atoms with Gasteiger partial charge in [0.05, 0.1) is 4.90 Å². The second-order valence-electron chi connectivity index (χ2n) is 6.00. The van der Waals surface area contributed by atoms with Crippen LogP contribution >= 0.6 is 0 Å². The van der Waals surface area contributed by atoms with Crippen molar-refractivity contribution in [1.29, 1.82) is 0 Å². The summed E-state index contributed by atoms with van der Waals surface area (Å²) in [7, 11) is -4.16. The van der Waals surface area contributed by atoms with Gasteiger partial charge in [0.25, 0.3) is 10.0 Å². The molecule has 11 heteroatoms. The van der Waals surface area contributed by atoms with Crippen molar-refractivity contribution in [2.24, 2.45) is 0 Å². The van der Waals surface area contributed by atoms with Gasteiger partial charge in [0.15, 0.2) is 5.82 Å². The number of benzene rings is 2. The van der Waals surface area contributed by atoms with Gasteiger partial charge < -0.3 is 4.74 Å². The molecule has 0 atom stereocenters. The van der Waals surface area contributed by atoms with Crippen molar-refractivity contribution in [2.45, 2.75) is 4.90 Å². The van der Waals surface area contributed by atoms with Crippen LogP contribution in [0.2, 0.25) is 0 Å². The lowest BCUT2D eigenvalue weighted by atomic mass is 10.3. The first-order valence-electron chi connectivity index (χ1n) is 8.48. The van der Waals surface area contributed by atoms with Crippen LogP contribution in [0.3, 0.4) is 0 Å². The molecule has 8 nitrogen and oxygen atoms in total. The summed E-state index contributed by atoms with van der Waals surface area (Å²) < 4.78 is 60.7. The molecular formula is C19H13F2N5O3S. The summed E-state index contributed by atoms with van der Waals surface area (Å²) in [5.74, 6) is -0.812. The van der Waals surface area contributed by atoms with Gasteiger partial charge in [-0.3, -0.25) is 4.72 Å². The molecule has 0 aliphatic carbocycles. The van der Waals surface area contributed by atoms with Crippen LogP contribution in [0.4, 0.5) is 14.5 Å². The van der Waals surface area contributed by atoms with Crippen molar-refractivity contribution in [3.63, 3.8) is 0 Å². The Balaban J connectivity index is 1.49. The van der Waals surface area contributed by atoms with Crippen LogP contribution in [0.15, 0.2) is 78.2 Å². The van der Waals surface area contributed by atoms with E-state index in [-0.39, 0.29) is 11.6 Å². The molecule has 2 aromatic carbocycles. The molecule has 0 saturated heterocycles. The number of aromatic nitrogens is 4. The average molecular weight is 429 g/mol. The van der Waals surface area contributed by atoms with Gasteiger partial charge in [0, 0.05) is 30.2 Å². The zero-order chi connectivity index (χ0) is 21.1. The van der Waals surface area contributed by atoms with E-state index in [1.54, 1.807) is 29.2 Å². The van der Waals surface area contributed by atoms with E-state index in [0.29, 0.717) is 17.6 Å². The van der Waals surface area contributed by atoms with Crippen LogP contribution in [-0.4, -0.2) is 28.2 Å². The molecule has 0 fully saturated rings. The van der Waals surface area contributed by atoms with Crippen LogP contribution in [0, 0.1) is 11.6 Å². The molecule has 0 saturated carbocycles. The molecule has 0 aliphatic heterocycles.